The second-order valence-corrected chi connectivity index (χ2v) is 4.75. The van der Waals surface area contributed by atoms with E-state index in [0.717, 1.165) is 0 Å². The van der Waals surface area contributed by atoms with Crippen LogP contribution in [0.5, 0.6) is 0 Å². The number of halogens is 2. The lowest BCUT2D eigenvalue weighted by atomic mass is 10.1. The average Bonchev–Trinajstić information content (AvgIpc) is 2.42. The molecule has 108 valence electrons. The number of nitrogens with one attached hydrogen (secondary N) is 1. The molecule has 0 unspecified atom stereocenters. The molecule has 1 aromatic rings. The van der Waals surface area contributed by atoms with E-state index in [1.54, 1.807) is 18.2 Å². The Morgan fingerprint density at radius 1 is 1.30 bits per heavy atom. The number of ketones is 1. The number of nitrogens with zero attached hydrogens (tertiary/aromatic N) is 1. The Labute approximate surface area is 126 Å². The Balaban J connectivity index is 2.55. The van der Waals surface area contributed by atoms with Gasteiger partial charge in [-0.1, -0.05) is 29.3 Å². The normalized spacial score (nSPS) is 11.1. The fraction of sp³-hybridized carbons (Fsp3) is 0.308. The number of methoxy groups -OCH3 is 1. The van der Waals surface area contributed by atoms with Crippen molar-refractivity contribution in [2.45, 2.75) is 13.3 Å². The van der Waals surface area contributed by atoms with Crippen LogP contribution in [0.4, 0.5) is 0 Å². The zero-order chi connectivity index (χ0) is 15.1. The number of Topliss-reactive ketones (excluding diaryl/α,β-unsaturated/α-hetero) is 1. The first-order valence-corrected chi connectivity index (χ1v) is 6.51. The number of hydrogen-bond donors (Lipinski definition) is 1. The quantitative estimate of drug-likeness (QED) is 0.496. The molecule has 7 heteroatoms. The molecule has 1 aromatic carbocycles. The number of carbonyl (C=O) groups excluding carboxylic acids is 2. The lowest BCUT2D eigenvalue weighted by molar-refractivity contribution is -0.132. The minimum absolute atomic E-state index is 0.0319. The zero-order valence-electron chi connectivity index (χ0n) is 11.1. The molecule has 0 bridgehead atoms. The van der Waals surface area contributed by atoms with Gasteiger partial charge in [0.1, 0.15) is 5.71 Å². The van der Waals surface area contributed by atoms with Crippen molar-refractivity contribution in [2.24, 2.45) is 5.10 Å². The van der Waals surface area contributed by atoms with E-state index in [0.29, 0.717) is 15.6 Å². The van der Waals surface area contributed by atoms with E-state index in [1.807, 2.05) is 0 Å². The van der Waals surface area contributed by atoms with E-state index in [-0.39, 0.29) is 24.5 Å². The van der Waals surface area contributed by atoms with Gasteiger partial charge < -0.3 is 10.2 Å². The summed E-state index contributed by atoms with van der Waals surface area (Å²) in [5, 5.41) is 4.62. The minimum Gasteiger partial charge on any atom is -0.464 e. The third-order valence-corrected chi connectivity index (χ3v) is 3.15. The van der Waals surface area contributed by atoms with Crippen LogP contribution in [-0.4, -0.2) is 31.1 Å². The van der Waals surface area contributed by atoms with E-state index in [4.69, 9.17) is 23.2 Å². The van der Waals surface area contributed by atoms with Gasteiger partial charge in [0.15, 0.2) is 5.78 Å². The summed E-state index contributed by atoms with van der Waals surface area (Å²) < 4.78 is 4.47. The molecular weight excluding hydrogens is 303 g/mol. The Kier molecular flexibility index (Phi) is 6.48. The summed E-state index contributed by atoms with van der Waals surface area (Å²) in [6.45, 7) is 1.45. The second-order valence-electron chi connectivity index (χ2n) is 3.94. The minimum atomic E-state index is -0.556. The van der Waals surface area contributed by atoms with Crippen molar-refractivity contribution < 1.29 is 14.3 Å². The molecule has 0 amide bonds. The first-order chi connectivity index (χ1) is 9.45. The molecular formula is C13H14Cl2N2O3. The van der Waals surface area contributed by atoms with Gasteiger partial charge >= 0.3 is 5.97 Å². The second kappa shape index (κ2) is 7.87. The SMILES string of the molecule is COC(=O)C(C)=NNCC(=O)Cc1c(Cl)cccc1Cl. The van der Waals surface area contributed by atoms with Crippen molar-refractivity contribution in [2.75, 3.05) is 13.7 Å². The topological polar surface area (TPSA) is 67.8 Å². The highest BCUT2D eigenvalue weighted by Gasteiger charge is 2.11. The summed E-state index contributed by atoms with van der Waals surface area (Å²) in [6, 6.07) is 5.05. The number of esters is 1. The third-order valence-electron chi connectivity index (χ3n) is 2.44. The van der Waals surface area contributed by atoms with Crippen LogP contribution in [0.25, 0.3) is 0 Å². The molecule has 0 radical (unpaired) electrons. The van der Waals surface area contributed by atoms with E-state index < -0.39 is 5.97 Å². The molecule has 0 spiro atoms. The van der Waals surface area contributed by atoms with Gasteiger partial charge in [-0.2, -0.15) is 5.10 Å². The van der Waals surface area contributed by atoms with Crippen molar-refractivity contribution in [3.8, 4) is 0 Å². The Bertz CT molecular complexity index is 524. The molecule has 20 heavy (non-hydrogen) atoms. The number of rotatable bonds is 6. The molecule has 1 rings (SSSR count). The number of ether oxygens (including phenoxy) is 1. The smallest absolute Gasteiger partial charge is 0.353 e. The van der Waals surface area contributed by atoms with Gasteiger partial charge in [0, 0.05) is 16.5 Å². The van der Waals surface area contributed by atoms with Gasteiger partial charge in [-0.05, 0) is 24.6 Å². The van der Waals surface area contributed by atoms with Gasteiger partial charge in [-0.3, -0.25) is 4.79 Å². The lowest BCUT2D eigenvalue weighted by Gasteiger charge is -2.06. The monoisotopic (exact) mass is 316 g/mol. The largest absolute Gasteiger partial charge is 0.464 e. The van der Waals surface area contributed by atoms with Crippen molar-refractivity contribution in [1.82, 2.24) is 5.43 Å². The van der Waals surface area contributed by atoms with Crippen molar-refractivity contribution >= 4 is 40.7 Å². The van der Waals surface area contributed by atoms with Crippen molar-refractivity contribution in [1.29, 1.82) is 0 Å². The molecule has 0 fully saturated rings. The summed E-state index contributed by atoms with van der Waals surface area (Å²) in [6.07, 6.45) is 0.0955. The molecule has 0 atom stereocenters. The van der Waals surface area contributed by atoms with Gasteiger partial charge in [0.2, 0.25) is 0 Å². The Morgan fingerprint density at radius 2 is 1.90 bits per heavy atom. The fourth-order valence-corrected chi connectivity index (χ4v) is 1.93. The van der Waals surface area contributed by atoms with Crippen LogP contribution in [0.15, 0.2) is 23.3 Å². The van der Waals surface area contributed by atoms with Crippen molar-refractivity contribution in [3.63, 3.8) is 0 Å². The summed E-state index contributed by atoms with van der Waals surface area (Å²) in [5.74, 6) is -0.708. The van der Waals surface area contributed by atoms with Crippen LogP contribution < -0.4 is 5.43 Å². The molecule has 0 aromatic heterocycles. The van der Waals surface area contributed by atoms with Gasteiger partial charge in [0.05, 0.1) is 13.7 Å². The van der Waals surface area contributed by atoms with Crippen LogP contribution in [-0.2, 0) is 20.7 Å². The summed E-state index contributed by atoms with van der Waals surface area (Å²) in [7, 11) is 1.26. The molecule has 0 aliphatic heterocycles. The number of benzene rings is 1. The molecule has 0 aliphatic rings. The van der Waals surface area contributed by atoms with Crippen LogP contribution >= 0.6 is 23.2 Å². The standard InChI is InChI=1S/C13H14Cl2N2O3/c1-8(13(19)20-2)17-16-7-9(18)6-10-11(14)4-3-5-12(10)15/h3-5,16H,6-7H2,1-2H3. The van der Waals surface area contributed by atoms with E-state index in [2.05, 4.69) is 15.3 Å². The fourth-order valence-electron chi connectivity index (χ4n) is 1.40. The maximum atomic E-state index is 11.8. The van der Waals surface area contributed by atoms with Crippen LogP contribution in [0.1, 0.15) is 12.5 Å². The first kappa shape index (κ1) is 16.5. The van der Waals surface area contributed by atoms with Gasteiger partial charge in [-0.25, -0.2) is 4.79 Å². The van der Waals surface area contributed by atoms with E-state index in [9.17, 15) is 9.59 Å². The van der Waals surface area contributed by atoms with E-state index in [1.165, 1.54) is 14.0 Å². The zero-order valence-corrected chi connectivity index (χ0v) is 12.6. The van der Waals surface area contributed by atoms with E-state index >= 15 is 0 Å². The maximum Gasteiger partial charge on any atom is 0.353 e. The highest BCUT2D eigenvalue weighted by atomic mass is 35.5. The Hall–Kier alpha value is -1.59. The summed E-state index contributed by atoms with van der Waals surface area (Å²) in [4.78, 5) is 22.8. The maximum absolute atomic E-state index is 11.8. The molecule has 5 nitrogen and oxygen atoms in total. The molecule has 1 N–H and O–H groups in total. The van der Waals surface area contributed by atoms with Crippen LogP contribution in [0.2, 0.25) is 10.0 Å². The highest BCUT2D eigenvalue weighted by molar-refractivity contribution is 6.36. The van der Waals surface area contributed by atoms with Gasteiger partial charge in [0.25, 0.3) is 0 Å². The molecule has 0 heterocycles. The predicted octanol–water partition coefficient (Wildman–Crippen LogP) is 2.24. The summed E-state index contributed by atoms with van der Waals surface area (Å²) in [5.41, 5.74) is 3.23. The number of hydrazone groups is 1. The summed E-state index contributed by atoms with van der Waals surface area (Å²) >= 11 is 11.9. The Morgan fingerprint density at radius 3 is 2.45 bits per heavy atom. The number of carbonyl (C=O) groups is 2. The first-order valence-electron chi connectivity index (χ1n) is 5.75. The van der Waals surface area contributed by atoms with Crippen molar-refractivity contribution in [3.05, 3.63) is 33.8 Å². The molecule has 0 saturated heterocycles. The predicted molar refractivity (Wildman–Crippen MR) is 78.3 cm³/mol. The number of hydrogen-bond acceptors (Lipinski definition) is 5. The molecule has 0 saturated carbocycles. The van der Waals surface area contributed by atoms with Crippen LogP contribution in [0, 0.1) is 0 Å². The highest BCUT2D eigenvalue weighted by Crippen LogP contribution is 2.24. The molecule has 0 aliphatic carbocycles. The van der Waals surface area contributed by atoms with Crippen LogP contribution in [0.3, 0.4) is 0 Å². The van der Waals surface area contributed by atoms with Gasteiger partial charge in [-0.15, -0.1) is 0 Å². The lowest BCUT2D eigenvalue weighted by Crippen LogP contribution is -2.23. The third kappa shape index (κ3) is 4.83. The average molecular weight is 317 g/mol.